The molecule has 0 aliphatic carbocycles. The molecule has 0 radical (unpaired) electrons. The quantitative estimate of drug-likeness (QED) is 0.537. The van der Waals surface area contributed by atoms with Crippen LogP contribution in [-0.2, 0) is 0 Å². The summed E-state index contributed by atoms with van der Waals surface area (Å²) < 4.78 is 11.0. The predicted octanol–water partition coefficient (Wildman–Crippen LogP) is 0.809. The fourth-order valence-electron chi connectivity index (χ4n) is 2.36. The van der Waals surface area contributed by atoms with Crippen LogP contribution in [0.2, 0.25) is 0 Å². The van der Waals surface area contributed by atoms with Gasteiger partial charge in [0.2, 0.25) is 5.95 Å². The zero-order valence-electron chi connectivity index (χ0n) is 12.7. The Morgan fingerprint density at radius 2 is 1.95 bits per heavy atom. The predicted molar refractivity (Wildman–Crippen MR) is 79.2 cm³/mol. The van der Waals surface area contributed by atoms with E-state index in [1.54, 1.807) is 0 Å². The Balaban J connectivity index is 1.88. The lowest BCUT2D eigenvalue weighted by Crippen LogP contribution is -2.26. The summed E-state index contributed by atoms with van der Waals surface area (Å²) in [6.45, 7) is 4.28. The Kier molecular flexibility index (Phi) is 5.94. The Morgan fingerprint density at radius 1 is 1.24 bits per heavy atom. The largest absolute Gasteiger partial charge is 0.463 e. The van der Waals surface area contributed by atoms with Crippen molar-refractivity contribution in [1.82, 2.24) is 19.9 Å². The molecule has 1 fully saturated rings. The number of ether oxygens (including phenoxy) is 2. The lowest BCUT2D eigenvalue weighted by Gasteiger charge is -2.18. The highest BCUT2D eigenvalue weighted by Gasteiger charge is 2.20. The minimum absolute atomic E-state index is 0.229. The van der Waals surface area contributed by atoms with Crippen molar-refractivity contribution >= 4 is 5.95 Å². The van der Waals surface area contributed by atoms with Crippen molar-refractivity contribution in [3.05, 3.63) is 0 Å². The number of hydrogen-bond donors (Lipinski definition) is 2. The van der Waals surface area contributed by atoms with E-state index in [-0.39, 0.29) is 18.0 Å². The van der Waals surface area contributed by atoms with E-state index in [0.717, 1.165) is 19.4 Å². The average Bonchev–Trinajstić information content (AvgIpc) is 2.90. The molecular formula is C13H24N6O2. The average molecular weight is 296 g/mol. The molecule has 3 N–H and O–H groups in total. The number of hydrazine groups is 1. The molecule has 0 saturated carbocycles. The third kappa shape index (κ3) is 4.68. The van der Waals surface area contributed by atoms with E-state index in [0.29, 0.717) is 19.3 Å². The number of nitrogen functional groups attached to an aromatic ring is 1. The highest BCUT2D eigenvalue weighted by atomic mass is 16.5. The van der Waals surface area contributed by atoms with E-state index in [1.165, 1.54) is 12.8 Å². The molecule has 0 aromatic carbocycles. The summed E-state index contributed by atoms with van der Waals surface area (Å²) in [7, 11) is 2.15. The van der Waals surface area contributed by atoms with Gasteiger partial charge in [0.05, 0.1) is 13.2 Å². The van der Waals surface area contributed by atoms with Gasteiger partial charge in [-0.05, 0) is 39.3 Å². The van der Waals surface area contributed by atoms with Crippen molar-refractivity contribution in [2.24, 2.45) is 5.84 Å². The zero-order chi connectivity index (χ0) is 15.1. The number of hydrogen-bond acceptors (Lipinski definition) is 8. The number of nitrogens with one attached hydrogen (secondary N) is 1. The van der Waals surface area contributed by atoms with Crippen molar-refractivity contribution in [1.29, 1.82) is 0 Å². The van der Waals surface area contributed by atoms with Crippen molar-refractivity contribution in [3.63, 3.8) is 0 Å². The topological polar surface area (TPSA) is 98.4 Å². The summed E-state index contributed by atoms with van der Waals surface area (Å²) >= 11 is 0. The maximum absolute atomic E-state index is 5.61. The van der Waals surface area contributed by atoms with Gasteiger partial charge in [-0.1, -0.05) is 6.92 Å². The second-order valence-corrected chi connectivity index (χ2v) is 5.13. The first kappa shape index (κ1) is 15.7. The van der Waals surface area contributed by atoms with E-state index >= 15 is 0 Å². The fourth-order valence-corrected chi connectivity index (χ4v) is 2.36. The monoisotopic (exact) mass is 296 g/mol. The van der Waals surface area contributed by atoms with Gasteiger partial charge in [0.1, 0.15) is 0 Å². The molecule has 1 aliphatic rings. The van der Waals surface area contributed by atoms with Crippen LogP contribution in [-0.4, -0.2) is 52.7 Å². The number of anilines is 1. The molecule has 1 aromatic heterocycles. The van der Waals surface area contributed by atoms with Crippen molar-refractivity contribution < 1.29 is 9.47 Å². The van der Waals surface area contributed by atoms with Crippen molar-refractivity contribution in [2.45, 2.75) is 38.6 Å². The number of rotatable bonds is 8. The normalized spacial score (nSPS) is 18.7. The Hall–Kier alpha value is -1.67. The minimum Gasteiger partial charge on any atom is -0.463 e. The van der Waals surface area contributed by atoms with Gasteiger partial charge in [-0.15, -0.1) is 4.98 Å². The minimum atomic E-state index is 0.229. The van der Waals surface area contributed by atoms with Gasteiger partial charge in [0.25, 0.3) is 0 Å². The van der Waals surface area contributed by atoms with Crippen LogP contribution in [0.4, 0.5) is 5.95 Å². The molecule has 8 nitrogen and oxygen atoms in total. The summed E-state index contributed by atoms with van der Waals surface area (Å²) in [5, 5.41) is 0. The van der Waals surface area contributed by atoms with Crippen molar-refractivity contribution in [2.75, 3.05) is 32.2 Å². The van der Waals surface area contributed by atoms with Crippen LogP contribution in [0.1, 0.15) is 32.6 Å². The summed E-state index contributed by atoms with van der Waals surface area (Å²) in [6.07, 6.45) is 4.31. The van der Waals surface area contributed by atoms with E-state index < -0.39 is 0 Å². The highest BCUT2D eigenvalue weighted by Crippen LogP contribution is 2.18. The highest BCUT2D eigenvalue weighted by molar-refractivity contribution is 5.25. The van der Waals surface area contributed by atoms with Crippen LogP contribution >= 0.6 is 0 Å². The summed E-state index contributed by atoms with van der Waals surface area (Å²) in [6, 6.07) is 1.05. The SMILES string of the molecule is CCCOc1nc(NN)nc(OCCC2CCCN2C)n1. The molecule has 0 amide bonds. The van der Waals surface area contributed by atoms with Crippen LogP contribution < -0.4 is 20.7 Å². The smallest absolute Gasteiger partial charge is 0.324 e. The van der Waals surface area contributed by atoms with Crippen molar-refractivity contribution in [3.8, 4) is 12.0 Å². The van der Waals surface area contributed by atoms with Crippen LogP contribution in [0.5, 0.6) is 12.0 Å². The molecular weight excluding hydrogens is 272 g/mol. The molecule has 1 aliphatic heterocycles. The number of aromatic nitrogens is 3. The molecule has 2 heterocycles. The third-order valence-electron chi connectivity index (χ3n) is 3.51. The van der Waals surface area contributed by atoms with Crippen LogP contribution in [0.25, 0.3) is 0 Å². The van der Waals surface area contributed by atoms with E-state index in [9.17, 15) is 0 Å². The lowest BCUT2D eigenvalue weighted by molar-refractivity contribution is 0.217. The molecule has 21 heavy (non-hydrogen) atoms. The van der Waals surface area contributed by atoms with Gasteiger partial charge in [-0.2, -0.15) is 9.97 Å². The van der Waals surface area contributed by atoms with Crippen LogP contribution in [0.15, 0.2) is 0 Å². The van der Waals surface area contributed by atoms with Crippen LogP contribution in [0.3, 0.4) is 0 Å². The van der Waals surface area contributed by atoms with Gasteiger partial charge < -0.3 is 14.4 Å². The summed E-state index contributed by atoms with van der Waals surface area (Å²) in [5.74, 6) is 5.58. The molecule has 8 heteroatoms. The Labute approximate surface area is 125 Å². The molecule has 1 saturated heterocycles. The van der Waals surface area contributed by atoms with Gasteiger partial charge in [0, 0.05) is 6.04 Å². The number of nitrogens with two attached hydrogens (primary N) is 1. The Bertz CT molecular complexity index is 445. The van der Waals surface area contributed by atoms with Gasteiger partial charge >= 0.3 is 12.0 Å². The molecule has 1 aromatic rings. The third-order valence-corrected chi connectivity index (χ3v) is 3.51. The molecule has 2 rings (SSSR count). The van der Waals surface area contributed by atoms with E-state index in [2.05, 4.69) is 32.3 Å². The maximum Gasteiger partial charge on any atom is 0.324 e. The summed E-state index contributed by atoms with van der Waals surface area (Å²) in [5.41, 5.74) is 2.39. The molecule has 0 spiro atoms. The lowest BCUT2D eigenvalue weighted by atomic mass is 10.2. The Morgan fingerprint density at radius 3 is 2.52 bits per heavy atom. The first-order chi connectivity index (χ1) is 10.2. The first-order valence-electron chi connectivity index (χ1n) is 7.41. The molecule has 0 bridgehead atoms. The number of likely N-dealkylation sites (tertiary alicyclic amines) is 1. The first-order valence-corrected chi connectivity index (χ1v) is 7.41. The fraction of sp³-hybridized carbons (Fsp3) is 0.769. The molecule has 1 unspecified atom stereocenters. The standard InChI is InChI=1S/C13H24N6O2/c1-3-8-20-12-15-11(18-14)16-13(17-12)21-9-6-10-5-4-7-19(10)2/h10H,3-9,14H2,1-2H3,(H,15,16,17,18). The van der Waals surface area contributed by atoms with E-state index in [1.807, 2.05) is 6.92 Å². The zero-order valence-corrected chi connectivity index (χ0v) is 12.7. The second-order valence-electron chi connectivity index (χ2n) is 5.13. The van der Waals surface area contributed by atoms with Gasteiger partial charge in [-0.25, -0.2) is 5.84 Å². The maximum atomic E-state index is 5.61. The summed E-state index contributed by atoms with van der Waals surface area (Å²) in [4.78, 5) is 14.6. The molecule has 118 valence electrons. The molecule has 1 atom stereocenters. The van der Waals surface area contributed by atoms with Gasteiger partial charge in [0.15, 0.2) is 0 Å². The second kappa shape index (κ2) is 7.94. The van der Waals surface area contributed by atoms with Crippen LogP contribution in [0, 0.1) is 0 Å². The van der Waals surface area contributed by atoms with E-state index in [4.69, 9.17) is 15.3 Å². The number of nitrogens with zero attached hydrogens (tertiary/aromatic N) is 4. The van der Waals surface area contributed by atoms with Gasteiger partial charge in [-0.3, -0.25) is 5.43 Å².